The van der Waals surface area contributed by atoms with Crippen molar-refractivity contribution in [2.24, 2.45) is 0 Å². The van der Waals surface area contributed by atoms with E-state index in [9.17, 15) is 5.26 Å². The standard InChI is InChI=1S/C24H15N3/c25-15-18(24-26-22-11-5-6-12-23(22)27-24)14-21-19-9-3-1-7-16(19)13-17-8-2-4-10-20(17)21/h1-14H,(H,26,27). The lowest BCUT2D eigenvalue weighted by molar-refractivity contribution is 1.27. The number of nitrogens with one attached hydrogen (secondary N) is 1. The SMILES string of the molecule is N#CC(=Cc1c2ccccc2cc2ccccc12)c1nc2ccccc2[nH]1. The summed E-state index contributed by atoms with van der Waals surface area (Å²) in [5.74, 6) is 0.593. The van der Waals surface area contributed by atoms with Crippen molar-refractivity contribution in [3.8, 4) is 6.07 Å². The Bertz CT molecular complexity index is 1300. The number of allylic oxidation sites excluding steroid dienone is 1. The van der Waals surface area contributed by atoms with Gasteiger partial charge in [0.2, 0.25) is 0 Å². The summed E-state index contributed by atoms with van der Waals surface area (Å²) in [4.78, 5) is 7.85. The van der Waals surface area contributed by atoms with Gasteiger partial charge in [0.25, 0.3) is 0 Å². The van der Waals surface area contributed by atoms with Gasteiger partial charge in [-0.1, -0.05) is 60.7 Å². The minimum absolute atomic E-state index is 0.521. The number of aromatic nitrogens is 2. The molecule has 0 radical (unpaired) electrons. The first-order valence-corrected chi connectivity index (χ1v) is 8.81. The zero-order chi connectivity index (χ0) is 18.2. The summed E-state index contributed by atoms with van der Waals surface area (Å²) in [5.41, 5.74) is 3.35. The molecular formula is C24H15N3. The molecule has 0 aliphatic rings. The van der Waals surface area contributed by atoms with Crippen LogP contribution in [0, 0.1) is 11.3 Å². The normalized spacial score (nSPS) is 11.9. The largest absolute Gasteiger partial charge is 0.337 e. The monoisotopic (exact) mass is 345 g/mol. The quantitative estimate of drug-likeness (QED) is 0.318. The smallest absolute Gasteiger partial charge is 0.149 e. The van der Waals surface area contributed by atoms with Crippen LogP contribution < -0.4 is 0 Å². The third-order valence-corrected chi connectivity index (χ3v) is 4.87. The van der Waals surface area contributed by atoms with E-state index in [-0.39, 0.29) is 0 Å². The molecule has 27 heavy (non-hydrogen) atoms. The Balaban J connectivity index is 1.81. The second-order valence-corrected chi connectivity index (χ2v) is 6.50. The Hall–Kier alpha value is -3.90. The predicted octanol–water partition coefficient (Wildman–Crippen LogP) is 5.93. The second-order valence-electron chi connectivity index (χ2n) is 6.50. The molecule has 5 aromatic rings. The Morgan fingerprint density at radius 1 is 0.852 bits per heavy atom. The molecule has 0 unspecified atom stereocenters. The summed E-state index contributed by atoms with van der Waals surface area (Å²) < 4.78 is 0. The van der Waals surface area contributed by atoms with E-state index in [2.05, 4.69) is 46.4 Å². The number of nitriles is 1. The molecule has 0 aliphatic heterocycles. The van der Waals surface area contributed by atoms with Crippen molar-refractivity contribution in [2.45, 2.75) is 0 Å². The molecule has 0 saturated carbocycles. The summed E-state index contributed by atoms with van der Waals surface area (Å²) in [6.07, 6.45) is 1.95. The fraction of sp³-hybridized carbons (Fsp3) is 0. The molecule has 0 aliphatic carbocycles. The first kappa shape index (κ1) is 15.4. The van der Waals surface area contributed by atoms with Crippen LogP contribution in [0.4, 0.5) is 0 Å². The highest BCUT2D eigenvalue weighted by Crippen LogP contribution is 2.31. The highest BCUT2D eigenvalue weighted by molar-refractivity contribution is 6.10. The molecule has 0 fully saturated rings. The lowest BCUT2D eigenvalue weighted by Crippen LogP contribution is -1.88. The van der Waals surface area contributed by atoms with Crippen molar-refractivity contribution < 1.29 is 0 Å². The van der Waals surface area contributed by atoms with Gasteiger partial charge in [0.05, 0.1) is 16.6 Å². The van der Waals surface area contributed by atoms with Crippen LogP contribution in [0.15, 0.2) is 78.9 Å². The number of rotatable bonds is 2. The van der Waals surface area contributed by atoms with Gasteiger partial charge in [0.15, 0.2) is 0 Å². The second kappa shape index (κ2) is 6.12. The average Bonchev–Trinajstić information content (AvgIpc) is 3.15. The van der Waals surface area contributed by atoms with Gasteiger partial charge in [-0.3, -0.25) is 0 Å². The molecule has 0 saturated heterocycles. The Kier molecular flexibility index (Phi) is 3.48. The first-order chi connectivity index (χ1) is 13.3. The molecule has 3 nitrogen and oxygen atoms in total. The number of hydrogen-bond acceptors (Lipinski definition) is 2. The number of aromatic amines is 1. The fourth-order valence-electron chi connectivity index (χ4n) is 3.58. The Morgan fingerprint density at radius 3 is 2.15 bits per heavy atom. The van der Waals surface area contributed by atoms with Crippen LogP contribution in [-0.4, -0.2) is 9.97 Å². The van der Waals surface area contributed by atoms with Gasteiger partial charge in [-0.05, 0) is 51.4 Å². The maximum absolute atomic E-state index is 9.83. The van der Waals surface area contributed by atoms with Gasteiger partial charge in [0.1, 0.15) is 11.9 Å². The topological polar surface area (TPSA) is 52.5 Å². The summed E-state index contributed by atoms with van der Waals surface area (Å²) >= 11 is 0. The lowest BCUT2D eigenvalue weighted by Gasteiger charge is -2.08. The van der Waals surface area contributed by atoms with Crippen molar-refractivity contribution in [2.75, 3.05) is 0 Å². The van der Waals surface area contributed by atoms with E-state index in [1.165, 1.54) is 0 Å². The molecule has 4 aromatic carbocycles. The highest BCUT2D eigenvalue weighted by Gasteiger charge is 2.11. The molecule has 5 rings (SSSR count). The third-order valence-electron chi connectivity index (χ3n) is 4.87. The van der Waals surface area contributed by atoms with E-state index in [0.717, 1.165) is 38.1 Å². The molecule has 0 atom stereocenters. The number of benzene rings is 4. The first-order valence-electron chi connectivity index (χ1n) is 8.81. The Morgan fingerprint density at radius 2 is 1.48 bits per heavy atom. The summed E-state index contributed by atoms with van der Waals surface area (Å²) in [6, 6.07) is 28.9. The Labute approximate surface area is 156 Å². The molecular weight excluding hydrogens is 330 g/mol. The zero-order valence-corrected chi connectivity index (χ0v) is 14.5. The number of H-pyrrole nitrogens is 1. The van der Waals surface area contributed by atoms with Gasteiger partial charge in [-0.25, -0.2) is 4.98 Å². The third kappa shape index (κ3) is 2.56. The molecule has 0 bridgehead atoms. The van der Waals surface area contributed by atoms with Gasteiger partial charge >= 0.3 is 0 Å². The number of hydrogen-bond donors (Lipinski definition) is 1. The number of imidazole rings is 1. The van der Waals surface area contributed by atoms with Crippen LogP contribution in [0.3, 0.4) is 0 Å². The van der Waals surface area contributed by atoms with E-state index >= 15 is 0 Å². The zero-order valence-electron chi connectivity index (χ0n) is 14.5. The van der Waals surface area contributed by atoms with Crippen molar-refractivity contribution >= 4 is 44.2 Å². The maximum atomic E-state index is 9.83. The average molecular weight is 345 g/mol. The van der Waals surface area contributed by atoms with Crippen molar-refractivity contribution in [1.29, 1.82) is 5.26 Å². The van der Waals surface area contributed by atoms with Crippen LogP contribution in [0.5, 0.6) is 0 Å². The lowest BCUT2D eigenvalue weighted by atomic mass is 9.95. The molecule has 0 spiro atoms. The molecule has 1 aromatic heterocycles. The highest BCUT2D eigenvalue weighted by atomic mass is 14.9. The van der Waals surface area contributed by atoms with Crippen LogP contribution >= 0.6 is 0 Å². The predicted molar refractivity (Wildman–Crippen MR) is 111 cm³/mol. The van der Waals surface area contributed by atoms with E-state index in [0.29, 0.717) is 11.4 Å². The maximum Gasteiger partial charge on any atom is 0.149 e. The van der Waals surface area contributed by atoms with Gasteiger partial charge < -0.3 is 4.98 Å². The summed E-state index contributed by atoms with van der Waals surface area (Å²) in [7, 11) is 0. The molecule has 0 amide bonds. The van der Waals surface area contributed by atoms with Crippen molar-refractivity contribution in [3.05, 3.63) is 90.3 Å². The molecule has 1 heterocycles. The minimum Gasteiger partial charge on any atom is -0.337 e. The van der Waals surface area contributed by atoms with Crippen molar-refractivity contribution in [3.63, 3.8) is 0 Å². The molecule has 126 valence electrons. The minimum atomic E-state index is 0.521. The van der Waals surface area contributed by atoms with Crippen LogP contribution in [0.25, 0.3) is 44.2 Å². The van der Waals surface area contributed by atoms with E-state index < -0.39 is 0 Å². The molecule has 1 N–H and O–H groups in total. The van der Waals surface area contributed by atoms with E-state index in [1.807, 2.05) is 54.6 Å². The molecule has 3 heteroatoms. The number of nitrogens with zero attached hydrogens (tertiary/aromatic N) is 2. The number of fused-ring (bicyclic) bond motifs is 3. The van der Waals surface area contributed by atoms with Crippen LogP contribution in [0.1, 0.15) is 11.4 Å². The van der Waals surface area contributed by atoms with Gasteiger partial charge in [-0.2, -0.15) is 5.26 Å². The summed E-state index contributed by atoms with van der Waals surface area (Å²) in [6.45, 7) is 0. The van der Waals surface area contributed by atoms with Crippen LogP contribution in [0.2, 0.25) is 0 Å². The fourth-order valence-corrected chi connectivity index (χ4v) is 3.58. The van der Waals surface area contributed by atoms with Gasteiger partial charge in [0, 0.05) is 0 Å². The summed E-state index contributed by atoms with van der Waals surface area (Å²) in [5, 5.41) is 14.4. The van der Waals surface area contributed by atoms with Crippen molar-refractivity contribution in [1.82, 2.24) is 9.97 Å². The van der Waals surface area contributed by atoms with E-state index in [1.54, 1.807) is 0 Å². The van der Waals surface area contributed by atoms with Crippen LogP contribution in [-0.2, 0) is 0 Å². The van der Waals surface area contributed by atoms with E-state index in [4.69, 9.17) is 0 Å². The van der Waals surface area contributed by atoms with Gasteiger partial charge in [-0.15, -0.1) is 0 Å². The number of para-hydroxylation sites is 2.